The fraction of sp³-hybridized carbons (Fsp3) is 0.304. The lowest BCUT2D eigenvalue weighted by molar-refractivity contribution is 0.0663. The van der Waals surface area contributed by atoms with Crippen LogP contribution in [0.4, 0.5) is 5.69 Å². The highest BCUT2D eigenvalue weighted by Gasteiger charge is 2.19. The largest absolute Gasteiger partial charge is 0.508 e. The van der Waals surface area contributed by atoms with Gasteiger partial charge in [0.25, 0.3) is 0 Å². The summed E-state index contributed by atoms with van der Waals surface area (Å²) in [6.45, 7) is 4.50. The van der Waals surface area contributed by atoms with Gasteiger partial charge in [-0.2, -0.15) is 0 Å². The lowest BCUT2D eigenvalue weighted by atomic mass is 10.1. The van der Waals surface area contributed by atoms with Crippen LogP contribution in [0.5, 0.6) is 11.5 Å². The van der Waals surface area contributed by atoms with Gasteiger partial charge in [-0.15, -0.1) is 0 Å². The van der Waals surface area contributed by atoms with E-state index in [4.69, 9.17) is 4.74 Å². The number of phenols is 1. The van der Waals surface area contributed by atoms with Gasteiger partial charge in [0.1, 0.15) is 24.2 Å². The molecule has 1 fully saturated rings. The molecule has 0 aliphatic carbocycles. The molecule has 1 heterocycles. The molecule has 0 radical (unpaired) electrons. The summed E-state index contributed by atoms with van der Waals surface area (Å²) in [4.78, 5) is 4.57. The van der Waals surface area contributed by atoms with Crippen molar-refractivity contribution < 1.29 is 14.9 Å². The summed E-state index contributed by atoms with van der Waals surface area (Å²) in [5, 5.41) is 22.1. The van der Waals surface area contributed by atoms with Gasteiger partial charge in [0.15, 0.2) is 0 Å². The maximum Gasteiger partial charge on any atom is 0.120 e. The van der Waals surface area contributed by atoms with E-state index >= 15 is 0 Å². The predicted octanol–water partition coefficient (Wildman–Crippen LogP) is 3.11. The third-order valence-electron chi connectivity index (χ3n) is 5.22. The van der Waals surface area contributed by atoms with Crippen molar-refractivity contribution in [2.24, 2.45) is 0 Å². The monoisotopic (exact) mass is 378 g/mol. The highest BCUT2D eigenvalue weighted by molar-refractivity contribution is 5.83. The number of nitrogens with zero attached hydrogens (tertiary/aromatic N) is 2. The number of rotatable bonds is 6. The van der Waals surface area contributed by atoms with Crippen LogP contribution in [0.2, 0.25) is 0 Å². The van der Waals surface area contributed by atoms with E-state index < -0.39 is 6.10 Å². The van der Waals surface area contributed by atoms with Gasteiger partial charge in [-0.05, 0) is 47.2 Å². The minimum Gasteiger partial charge on any atom is -0.508 e. The summed E-state index contributed by atoms with van der Waals surface area (Å²) in [7, 11) is 0. The van der Waals surface area contributed by atoms with Crippen molar-refractivity contribution in [1.29, 1.82) is 0 Å². The van der Waals surface area contributed by atoms with Gasteiger partial charge < -0.3 is 19.8 Å². The van der Waals surface area contributed by atoms with Crippen LogP contribution in [-0.4, -0.2) is 60.5 Å². The van der Waals surface area contributed by atoms with E-state index in [0.29, 0.717) is 6.54 Å². The number of aliphatic hydroxyl groups excluding tert-OH is 1. The molecule has 28 heavy (non-hydrogen) atoms. The van der Waals surface area contributed by atoms with Gasteiger partial charge in [-0.3, -0.25) is 4.90 Å². The molecule has 0 saturated carbocycles. The number of fused-ring (bicyclic) bond motifs is 1. The first kappa shape index (κ1) is 18.6. The quantitative estimate of drug-likeness (QED) is 0.690. The van der Waals surface area contributed by atoms with E-state index in [1.165, 1.54) is 5.39 Å². The Morgan fingerprint density at radius 1 is 0.857 bits per heavy atom. The highest BCUT2D eigenvalue weighted by Crippen LogP contribution is 2.21. The Morgan fingerprint density at radius 3 is 2.32 bits per heavy atom. The van der Waals surface area contributed by atoms with Crippen molar-refractivity contribution in [3.63, 3.8) is 0 Å². The van der Waals surface area contributed by atoms with E-state index in [1.807, 2.05) is 42.5 Å². The summed E-state index contributed by atoms with van der Waals surface area (Å²) in [5.74, 6) is 1.08. The van der Waals surface area contributed by atoms with E-state index in [9.17, 15) is 10.2 Å². The first-order valence-electron chi connectivity index (χ1n) is 9.73. The SMILES string of the molecule is Oc1ccc(N2CCN(C[C@H](O)COc3ccc4ccccc4c3)CC2)cc1. The van der Waals surface area contributed by atoms with E-state index in [-0.39, 0.29) is 12.4 Å². The molecule has 3 aromatic rings. The molecular weight excluding hydrogens is 352 g/mol. The number of aromatic hydroxyl groups is 1. The first-order chi connectivity index (χ1) is 13.7. The maximum atomic E-state index is 10.4. The van der Waals surface area contributed by atoms with E-state index in [1.54, 1.807) is 12.1 Å². The van der Waals surface area contributed by atoms with Crippen LogP contribution in [0, 0.1) is 0 Å². The molecule has 3 aromatic carbocycles. The highest BCUT2D eigenvalue weighted by atomic mass is 16.5. The Morgan fingerprint density at radius 2 is 1.57 bits per heavy atom. The van der Waals surface area contributed by atoms with Crippen molar-refractivity contribution in [3.05, 3.63) is 66.7 Å². The molecule has 1 atom stereocenters. The Balaban J connectivity index is 1.24. The van der Waals surface area contributed by atoms with Gasteiger partial charge in [0.05, 0.1) is 0 Å². The number of β-amino-alcohol motifs (C(OH)–C–C–N with tert-alkyl or cyclic N) is 1. The number of anilines is 1. The molecule has 146 valence electrons. The van der Waals surface area contributed by atoms with Gasteiger partial charge in [-0.1, -0.05) is 30.3 Å². The molecule has 1 saturated heterocycles. The predicted molar refractivity (Wildman–Crippen MR) is 112 cm³/mol. The van der Waals surface area contributed by atoms with Crippen molar-refractivity contribution in [2.75, 3.05) is 44.2 Å². The molecule has 0 unspecified atom stereocenters. The van der Waals surface area contributed by atoms with Crippen molar-refractivity contribution in [1.82, 2.24) is 4.90 Å². The van der Waals surface area contributed by atoms with Crippen LogP contribution < -0.4 is 9.64 Å². The zero-order valence-electron chi connectivity index (χ0n) is 15.9. The fourth-order valence-corrected chi connectivity index (χ4v) is 3.65. The van der Waals surface area contributed by atoms with Crippen molar-refractivity contribution >= 4 is 16.5 Å². The first-order valence-corrected chi connectivity index (χ1v) is 9.73. The molecule has 0 amide bonds. The van der Waals surface area contributed by atoms with E-state index in [0.717, 1.165) is 43.0 Å². The van der Waals surface area contributed by atoms with Crippen LogP contribution in [0.15, 0.2) is 66.7 Å². The van der Waals surface area contributed by atoms with Crippen molar-refractivity contribution in [3.8, 4) is 11.5 Å². The molecule has 0 aromatic heterocycles. The second kappa shape index (κ2) is 8.50. The van der Waals surface area contributed by atoms with Crippen molar-refractivity contribution in [2.45, 2.75) is 6.10 Å². The van der Waals surface area contributed by atoms with Gasteiger partial charge in [-0.25, -0.2) is 0 Å². The normalized spacial score (nSPS) is 16.2. The molecule has 1 aliphatic heterocycles. The number of ether oxygens (including phenoxy) is 1. The molecule has 0 spiro atoms. The second-order valence-corrected chi connectivity index (χ2v) is 7.28. The Kier molecular flexibility index (Phi) is 5.65. The third-order valence-corrected chi connectivity index (χ3v) is 5.22. The average molecular weight is 378 g/mol. The zero-order chi connectivity index (χ0) is 19.3. The summed E-state index contributed by atoms with van der Waals surface area (Å²) in [5.41, 5.74) is 1.12. The van der Waals surface area contributed by atoms with Crippen LogP contribution in [0.25, 0.3) is 10.8 Å². The van der Waals surface area contributed by atoms with Crippen LogP contribution in [-0.2, 0) is 0 Å². The maximum absolute atomic E-state index is 10.4. The van der Waals surface area contributed by atoms with Gasteiger partial charge in [0.2, 0.25) is 0 Å². The Bertz CT molecular complexity index is 905. The summed E-state index contributed by atoms with van der Waals surface area (Å²) < 4.78 is 5.81. The number of hydrogen-bond acceptors (Lipinski definition) is 5. The standard InChI is InChI=1S/C23H26N2O3/c26-21-8-6-20(7-9-21)25-13-11-24(12-14-25)16-22(27)17-28-23-10-5-18-3-1-2-4-19(18)15-23/h1-10,15,22,26-27H,11-14,16-17H2/t22-/m0/s1. The molecule has 2 N–H and O–H groups in total. The van der Waals surface area contributed by atoms with E-state index in [2.05, 4.69) is 21.9 Å². The number of hydrogen-bond donors (Lipinski definition) is 2. The molecule has 4 rings (SSSR count). The van der Waals surface area contributed by atoms with Gasteiger partial charge in [0, 0.05) is 38.4 Å². The average Bonchev–Trinajstić information content (AvgIpc) is 2.73. The number of aliphatic hydroxyl groups is 1. The summed E-state index contributed by atoms with van der Waals surface area (Å²) in [6.07, 6.45) is -0.522. The third kappa shape index (κ3) is 4.55. The molecule has 1 aliphatic rings. The van der Waals surface area contributed by atoms with Crippen LogP contribution >= 0.6 is 0 Å². The summed E-state index contributed by atoms with van der Waals surface area (Å²) in [6, 6.07) is 21.5. The zero-order valence-corrected chi connectivity index (χ0v) is 15.9. The molecule has 5 nitrogen and oxygen atoms in total. The Labute approximate surface area is 165 Å². The summed E-state index contributed by atoms with van der Waals surface area (Å²) >= 11 is 0. The minimum absolute atomic E-state index is 0.288. The lowest BCUT2D eigenvalue weighted by Gasteiger charge is -2.36. The number of benzene rings is 3. The van der Waals surface area contributed by atoms with Gasteiger partial charge >= 0.3 is 0 Å². The molecule has 0 bridgehead atoms. The fourth-order valence-electron chi connectivity index (χ4n) is 3.65. The molecule has 5 heteroatoms. The second-order valence-electron chi connectivity index (χ2n) is 7.28. The number of piperazine rings is 1. The Hall–Kier alpha value is -2.76. The topological polar surface area (TPSA) is 56.2 Å². The molecular formula is C23H26N2O3. The van der Waals surface area contributed by atoms with Crippen LogP contribution in [0.3, 0.4) is 0 Å². The minimum atomic E-state index is -0.522. The lowest BCUT2D eigenvalue weighted by Crippen LogP contribution is -2.49. The van der Waals surface area contributed by atoms with Crippen LogP contribution in [0.1, 0.15) is 0 Å². The number of phenolic OH excluding ortho intramolecular Hbond substituents is 1. The smallest absolute Gasteiger partial charge is 0.120 e.